The predicted octanol–water partition coefficient (Wildman–Crippen LogP) is 2.43. The SMILES string of the molecule is COc1ccc(F)c(C(=O)C2CC2)c1. The minimum atomic E-state index is -0.456. The average molecular weight is 194 g/mol. The average Bonchev–Trinajstić information content (AvgIpc) is 3.01. The van der Waals surface area contributed by atoms with Crippen molar-refractivity contribution < 1.29 is 13.9 Å². The van der Waals surface area contributed by atoms with Gasteiger partial charge in [-0.1, -0.05) is 0 Å². The summed E-state index contributed by atoms with van der Waals surface area (Å²) in [6, 6.07) is 4.25. The fourth-order valence-corrected chi connectivity index (χ4v) is 1.39. The first-order chi connectivity index (χ1) is 6.72. The number of rotatable bonds is 3. The van der Waals surface area contributed by atoms with Gasteiger partial charge in [-0.3, -0.25) is 4.79 Å². The van der Waals surface area contributed by atoms with Crippen LogP contribution in [0.5, 0.6) is 5.75 Å². The molecule has 0 heterocycles. The molecule has 0 atom stereocenters. The second-order valence-corrected chi connectivity index (χ2v) is 3.48. The molecule has 0 radical (unpaired) electrons. The van der Waals surface area contributed by atoms with Crippen molar-refractivity contribution in [2.24, 2.45) is 5.92 Å². The van der Waals surface area contributed by atoms with E-state index in [2.05, 4.69) is 0 Å². The maximum atomic E-state index is 13.3. The Morgan fingerprint density at radius 1 is 1.50 bits per heavy atom. The fourth-order valence-electron chi connectivity index (χ4n) is 1.39. The molecule has 0 aliphatic heterocycles. The molecule has 0 bridgehead atoms. The molecule has 1 aliphatic rings. The quantitative estimate of drug-likeness (QED) is 0.691. The number of methoxy groups -OCH3 is 1. The zero-order valence-electron chi connectivity index (χ0n) is 7.92. The van der Waals surface area contributed by atoms with Gasteiger partial charge in [-0.15, -0.1) is 0 Å². The van der Waals surface area contributed by atoms with Gasteiger partial charge in [0, 0.05) is 5.92 Å². The summed E-state index contributed by atoms with van der Waals surface area (Å²) in [6.07, 6.45) is 1.77. The molecule has 0 unspecified atom stereocenters. The van der Waals surface area contributed by atoms with E-state index in [1.807, 2.05) is 0 Å². The van der Waals surface area contributed by atoms with Crippen LogP contribution in [-0.2, 0) is 0 Å². The van der Waals surface area contributed by atoms with Crippen LogP contribution in [0.15, 0.2) is 18.2 Å². The molecular formula is C11H11FO2. The van der Waals surface area contributed by atoms with E-state index in [0.29, 0.717) is 5.75 Å². The van der Waals surface area contributed by atoms with E-state index in [1.165, 1.54) is 25.3 Å². The van der Waals surface area contributed by atoms with Crippen LogP contribution in [0.2, 0.25) is 0 Å². The second kappa shape index (κ2) is 3.40. The molecule has 1 aliphatic carbocycles. The predicted molar refractivity (Wildman–Crippen MR) is 50.0 cm³/mol. The minimum Gasteiger partial charge on any atom is -0.497 e. The van der Waals surface area contributed by atoms with Crippen LogP contribution in [0.4, 0.5) is 4.39 Å². The number of carbonyl (C=O) groups is 1. The fraction of sp³-hybridized carbons (Fsp3) is 0.364. The van der Waals surface area contributed by atoms with Gasteiger partial charge in [-0.2, -0.15) is 0 Å². The zero-order valence-corrected chi connectivity index (χ0v) is 7.92. The van der Waals surface area contributed by atoms with Gasteiger partial charge in [0.25, 0.3) is 0 Å². The number of hydrogen-bond donors (Lipinski definition) is 0. The Kier molecular flexibility index (Phi) is 2.23. The Morgan fingerprint density at radius 3 is 2.79 bits per heavy atom. The van der Waals surface area contributed by atoms with Crippen molar-refractivity contribution >= 4 is 5.78 Å². The Balaban J connectivity index is 2.34. The van der Waals surface area contributed by atoms with Gasteiger partial charge in [0.1, 0.15) is 11.6 Å². The number of benzene rings is 1. The Labute approximate surface area is 81.7 Å². The molecule has 2 nitrogen and oxygen atoms in total. The summed E-state index contributed by atoms with van der Waals surface area (Å²) in [5.74, 6) is 0.0103. The van der Waals surface area contributed by atoms with E-state index in [-0.39, 0.29) is 17.3 Å². The van der Waals surface area contributed by atoms with Gasteiger partial charge in [0.15, 0.2) is 5.78 Å². The molecule has 3 heteroatoms. The van der Waals surface area contributed by atoms with Crippen molar-refractivity contribution in [3.05, 3.63) is 29.6 Å². The Bertz CT molecular complexity index is 370. The number of halogens is 1. The third-order valence-corrected chi connectivity index (χ3v) is 2.39. The van der Waals surface area contributed by atoms with Gasteiger partial charge in [0.2, 0.25) is 0 Å². The molecular weight excluding hydrogens is 183 g/mol. The molecule has 1 saturated carbocycles. The lowest BCUT2D eigenvalue weighted by atomic mass is 10.1. The van der Waals surface area contributed by atoms with Gasteiger partial charge < -0.3 is 4.74 Å². The molecule has 14 heavy (non-hydrogen) atoms. The monoisotopic (exact) mass is 194 g/mol. The molecule has 1 aromatic carbocycles. The van der Waals surface area contributed by atoms with E-state index < -0.39 is 5.82 Å². The largest absolute Gasteiger partial charge is 0.497 e. The van der Waals surface area contributed by atoms with Gasteiger partial charge in [0.05, 0.1) is 12.7 Å². The number of ether oxygens (including phenoxy) is 1. The topological polar surface area (TPSA) is 26.3 Å². The smallest absolute Gasteiger partial charge is 0.169 e. The van der Waals surface area contributed by atoms with Crippen molar-refractivity contribution in [1.82, 2.24) is 0 Å². The maximum absolute atomic E-state index is 13.3. The third-order valence-electron chi connectivity index (χ3n) is 2.39. The van der Waals surface area contributed by atoms with Gasteiger partial charge >= 0.3 is 0 Å². The molecule has 2 rings (SSSR count). The van der Waals surface area contributed by atoms with Crippen LogP contribution >= 0.6 is 0 Å². The molecule has 0 spiro atoms. The maximum Gasteiger partial charge on any atom is 0.169 e. The minimum absolute atomic E-state index is 0.0385. The van der Waals surface area contributed by atoms with Crippen LogP contribution in [0.3, 0.4) is 0 Å². The summed E-state index contributed by atoms with van der Waals surface area (Å²) < 4.78 is 18.2. The number of hydrogen-bond acceptors (Lipinski definition) is 2. The van der Waals surface area contributed by atoms with Crippen molar-refractivity contribution in [3.8, 4) is 5.75 Å². The number of carbonyl (C=O) groups excluding carboxylic acids is 1. The summed E-state index contributed by atoms with van der Waals surface area (Å²) in [6.45, 7) is 0. The molecule has 0 saturated heterocycles. The zero-order chi connectivity index (χ0) is 10.1. The van der Waals surface area contributed by atoms with Crippen LogP contribution < -0.4 is 4.74 Å². The summed E-state index contributed by atoms with van der Waals surface area (Å²) in [7, 11) is 1.50. The summed E-state index contributed by atoms with van der Waals surface area (Å²) in [5, 5.41) is 0. The van der Waals surface area contributed by atoms with Crippen LogP contribution in [0.1, 0.15) is 23.2 Å². The molecule has 1 aromatic rings. The lowest BCUT2D eigenvalue weighted by Crippen LogP contribution is -2.04. The van der Waals surface area contributed by atoms with Crippen molar-refractivity contribution in [2.75, 3.05) is 7.11 Å². The van der Waals surface area contributed by atoms with E-state index in [4.69, 9.17) is 4.74 Å². The molecule has 0 aromatic heterocycles. The summed E-state index contributed by atoms with van der Waals surface area (Å²) in [4.78, 5) is 11.6. The first-order valence-electron chi connectivity index (χ1n) is 4.60. The van der Waals surface area contributed by atoms with Gasteiger partial charge in [-0.25, -0.2) is 4.39 Å². The molecule has 0 amide bonds. The third kappa shape index (κ3) is 1.62. The highest BCUT2D eigenvalue weighted by atomic mass is 19.1. The van der Waals surface area contributed by atoms with E-state index >= 15 is 0 Å². The van der Waals surface area contributed by atoms with Crippen molar-refractivity contribution in [2.45, 2.75) is 12.8 Å². The Hall–Kier alpha value is -1.38. The summed E-state index contributed by atoms with van der Waals surface area (Å²) >= 11 is 0. The van der Waals surface area contributed by atoms with Crippen LogP contribution in [0, 0.1) is 11.7 Å². The molecule has 74 valence electrons. The Morgan fingerprint density at radius 2 is 2.21 bits per heavy atom. The second-order valence-electron chi connectivity index (χ2n) is 3.48. The highest BCUT2D eigenvalue weighted by Gasteiger charge is 2.32. The highest BCUT2D eigenvalue weighted by molar-refractivity contribution is 5.99. The number of ketones is 1. The molecule has 0 N–H and O–H groups in total. The van der Waals surface area contributed by atoms with E-state index in [1.54, 1.807) is 0 Å². The van der Waals surface area contributed by atoms with Crippen molar-refractivity contribution in [3.63, 3.8) is 0 Å². The number of Topliss-reactive ketones (excluding diaryl/α,β-unsaturated/α-hetero) is 1. The summed E-state index contributed by atoms with van der Waals surface area (Å²) in [5.41, 5.74) is 0.159. The van der Waals surface area contributed by atoms with E-state index in [0.717, 1.165) is 12.8 Å². The normalized spacial score (nSPS) is 15.3. The van der Waals surface area contributed by atoms with Crippen molar-refractivity contribution in [1.29, 1.82) is 0 Å². The van der Waals surface area contributed by atoms with Gasteiger partial charge in [-0.05, 0) is 31.0 Å². The lowest BCUT2D eigenvalue weighted by molar-refractivity contribution is 0.0963. The van der Waals surface area contributed by atoms with E-state index in [9.17, 15) is 9.18 Å². The van der Waals surface area contributed by atoms with Crippen LogP contribution in [-0.4, -0.2) is 12.9 Å². The van der Waals surface area contributed by atoms with Crippen LogP contribution in [0.25, 0.3) is 0 Å². The first-order valence-corrected chi connectivity index (χ1v) is 4.60. The highest BCUT2D eigenvalue weighted by Crippen LogP contribution is 2.34. The standard InChI is InChI=1S/C11H11FO2/c1-14-8-4-5-10(12)9(6-8)11(13)7-2-3-7/h4-7H,2-3H2,1H3. The first kappa shape index (κ1) is 9.19. The lowest BCUT2D eigenvalue weighted by Gasteiger charge is -2.04. The molecule has 1 fully saturated rings.